The molecule has 0 fully saturated rings. The van der Waals surface area contributed by atoms with Crippen LogP contribution in [-0.2, 0) is 12.4 Å². The van der Waals surface area contributed by atoms with E-state index in [9.17, 15) is 31.1 Å². The molecule has 0 saturated heterocycles. The third-order valence-electron chi connectivity index (χ3n) is 7.56. The molecule has 0 bridgehead atoms. The number of halogens is 7. The molecule has 0 radical (unpaired) electrons. The first kappa shape index (κ1) is 34.6. The van der Waals surface area contributed by atoms with Gasteiger partial charge in [-0.3, -0.25) is 4.79 Å². The van der Waals surface area contributed by atoms with E-state index >= 15 is 0 Å². The highest BCUT2D eigenvalue weighted by molar-refractivity contribution is 7.95. The number of hydrogen-bond acceptors (Lipinski definition) is 1. The Morgan fingerprint density at radius 3 is 1.40 bits per heavy atom. The first-order valence-corrected chi connectivity index (χ1v) is 15.5. The van der Waals surface area contributed by atoms with Crippen molar-refractivity contribution in [3.05, 3.63) is 126 Å². The van der Waals surface area contributed by atoms with Crippen LogP contribution in [0.1, 0.15) is 41.8 Å². The first-order valence-electron chi connectivity index (χ1n) is 13.5. The van der Waals surface area contributed by atoms with E-state index in [1.807, 2.05) is 105 Å². The maximum atomic E-state index is 13.5. The summed E-state index contributed by atoms with van der Waals surface area (Å²) in [6, 6.07) is 30.0. The van der Waals surface area contributed by atoms with E-state index in [1.165, 1.54) is 0 Å². The molecule has 0 heterocycles. The van der Waals surface area contributed by atoms with Crippen molar-refractivity contribution >= 4 is 29.1 Å². The average Bonchev–Trinajstić information content (AvgIpc) is 2.99. The molecule has 0 aliphatic carbocycles. The quantitative estimate of drug-likeness (QED) is 0.149. The van der Waals surface area contributed by atoms with Gasteiger partial charge >= 0.3 is 12.4 Å². The van der Waals surface area contributed by atoms with E-state index in [0.29, 0.717) is 24.7 Å². The topological polar surface area (TPSA) is 29.1 Å². The van der Waals surface area contributed by atoms with Gasteiger partial charge in [0.15, 0.2) is 0 Å². The van der Waals surface area contributed by atoms with E-state index in [-0.39, 0.29) is 36.0 Å². The predicted molar refractivity (Wildman–Crippen MR) is 157 cm³/mol. The van der Waals surface area contributed by atoms with Gasteiger partial charge in [0.25, 0.3) is 5.91 Å². The molecule has 0 unspecified atom stereocenters. The van der Waals surface area contributed by atoms with Crippen molar-refractivity contribution in [2.45, 2.75) is 38.7 Å². The maximum Gasteiger partial charge on any atom is 0.416 e. The predicted octanol–water partition coefficient (Wildman–Crippen LogP) is 4.87. The van der Waals surface area contributed by atoms with Crippen LogP contribution in [-0.4, -0.2) is 18.1 Å². The van der Waals surface area contributed by atoms with Gasteiger partial charge in [0.2, 0.25) is 0 Å². The molecule has 1 N–H and O–H groups in total. The summed E-state index contributed by atoms with van der Waals surface area (Å²) in [7, 11) is -2.47. The van der Waals surface area contributed by atoms with Crippen LogP contribution in [0.5, 0.6) is 0 Å². The lowest BCUT2D eigenvalue weighted by molar-refractivity contribution is -0.143. The molecule has 0 aliphatic heterocycles. The molecule has 10 heteroatoms. The first-order chi connectivity index (χ1) is 19.9. The average molecular weight is 729 g/mol. The second-order valence-electron chi connectivity index (χ2n) is 10.3. The molecule has 4 aromatic rings. The van der Waals surface area contributed by atoms with E-state index in [0.717, 1.165) is 15.9 Å². The van der Waals surface area contributed by atoms with Gasteiger partial charge in [-0.1, -0.05) is 74.9 Å². The summed E-state index contributed by atoms with van der Waals surface area (Å²) in [5, 5.41) is 5.99. The zero-order valence-corrected chi connectivity index (χ0v) is 26.5. The van der Waals surface area contributed by atoms with Crippen LogP contribution in [0.25, 0.3) is 0 Å². The van der Waals surface area contributed by atoms with Crippen molar-refractivity contribution in [3.63, 3.8) is 0 Å². The molecule has 0 aliphatic rings. The van der Waals surface area contributed by atoms with Crippen molar-refractivity contribution in [2.75, 3.05) is 6.16 Å². The van der Waals surface area contributed by atoms with Crippen LogP contribution in [0.4, 0.5) is 26.3 Å². The zero-order valence-electron chi connectivity index (χ0n) is 23.5. The largest absolute Gasteiger partial charge is 1.00 e. The third-order valence-corrected chi connectivity index (χ3v) is 12.0. The number of benzene rings is 4. The zero-order chi connectivity index (χ0) is 30.5. The SMILES string of the molecule is CC[C@H](C)[C@@H](C[P+](c1ccccc1)(c1ccccc1)c1ccccc1)NC(=O)c1cc(C(F)(F)F)cc(C(F)(F)F)c1.[I-]. The van der Waals surface area contributed by atoms with Crippen molar-refractivity contribution in [2.24, 2.45) is 5.92 Å². The standard InChI is InChI=1S/C33H30F6NOP.HI/c1-3-23(2)30(40-31(41)24-19-25(32(34,35)36)21-26(20-24)33(37,38)39)22-42(27-13-7-4-8-14-27,28-15-9-5-10-16-28)29-17-11-6-12-18-29;/h4-21,23,30H,3,22H2,1-2H3;1H/t23-,30+;/m0./s1. The Kier molecular flexibility index (Phi) is 11.5. The summed E-state index contributed by atoms with van der Waals surface area (Å²) in [5.41, 5.74) is -3.74. The van der Waals surface area contributed by atoms with Crippen LogP contribution in [0.2, 0.25) is 0 Å². The molecule has 0 saturated carbocycles. The van der Waals surface area contributed by atoms with E-state index in [2.05, 4.69) is 5.32 Å². The fraction of sp³-hybridized carbons (Fsp3) is 0.242. The van der Waals surface area contributed by atoms with Gasteiger partial charge in [-0.15, -0.1) is 0 Å². The van der Waals surface area contributed by atoms with Gasteiger partial charge in [0.1, 0.15) is 23.2 Å². The molecule has 1 amide bonds. The minimum absolute atomic E-state index is 0. The number of hydrogen-bond donors (Lipinski definition) is 1. The van der Waals surface area contributed by atoms with Gasteiger partial charge in [-0.2, -0.15) is 26.3 Å². The second-order valence-corrected chi connectivity index (χ2v) is 13.8. The number of rotatable bonds is 9. The smallest absolute Gasteiger partial charge is 0.416 e. The summed E-state index contributed by atoms with van der Waals surface area (Å²) in [5.74, 6) is -1.12. The molecule has 0 aromatic heterocycles. The Balaban J connectivity index is 0.00000506. The summed E-state index contributed by atoms with van der Waals surface area (Å²) < 4.78 is 81.2. The lowest BCUT2D eigenvalue weighted by Gasteiger charge is -2.33. The Morgan fingerprint density at radius 1 is 0.698 bits per heavy atom. The number of nitrogens with one attached hydrogen (secondary N) is 1. The molecule has 4 rings (SSSR count). The van der Waals surface area contributed by atoms with Crippen LogP contribution in [0.3, 0.4) is 0 Å². The molecule has 4 aromatic carbocycles. The minimum atomic E-state index is -5.05. The highest BCUT2D eigenvalue weighted by Gasteiger charge is 2.48. The highest BCUT2D eigenvalue weighted by Crippen LogP contribution is 2.56. The monoisotopic (exact) mass is 729 g/mol. The van der Waals surface area contributed by atoms with Crippen LogP contribution >= 0.6 is 7.26 Å². The summed E-state index contributed by atoms with van der Waals surface area (Å²) >= 11 is 0. The molecule has 228 valence electrons. The van der Waals surface area contributed by atoms with Gasteiger partial charge in [-0.25, -0.2) is 0 Å². The Hall–Kier alpha value is -2.91. The van der Waals surface area contributed by atoms with E-state index in [1.54, 1.807) is 0 Å². The van der Waals surface area contributed by atoms with Crippen LogP contribution < -0.4 is 45.2 Å². The Labute approximate surface area is 265 Å². The second kappa shape index (κ2) is 14.2. The van der Waals surface area contributed by atoms with Gasteiger partial charge in [0, 0.05) is 5.56 Å². The molecule has 43 heavy (non-hydrogen) atoms. The van der Waals surface area contributed by atoms with Crippen molar-refractivity contribution in [1.29, 1.82) is 0 Å². The number of carbonyl (C=O) groups excluding carboxylic acids is 1. The molecular formula is C33H31F6INOP. The normalized spacial score (nSPS) is 13.5. The Bertz CT molecular complexity index is 1350. The maximum absolute atomic E-state index is 13.5. The third kappa shape index (κ3) is 7.98. The lowest BCUT2D eigenvalue weighted by Crippen LogP contribution is -3.00. The van der Waals surface area contributed by atoms with E-state index in [4.69, 9.17) is 0 Å². The fourth-order valence-electron chi connectivity index (χ4n) is 5.10. The van der Waals surface area contributed by atoms with Gasteiger partial charge in [0.05, 0.1) is 23.3 Å². The minimum Gasteiger partial charge on any atom is -1.00 e. The number of carbonyl (C=O) groups is 1. The summed E-state index contributed by atoms with van der Waals surface area (Å²) in [4.78, 5) is 13.5. The number of alkyl halides is 6. The molecule has 2 atom stereocenters. The number of amides is 1. The van der Waals surface area contributed by atoms with Crippen molar-refractivity contribution in [1.82, 2.24) is 5.32 Å². The molecule has 2 nitrogen and oxygen atoms in total. The van der Waals surface area contributed by atoms with Crippen molar-refractivity contribution < 1.29 is 55.1 Å². The van der Waals surface area contributed by atoms with Crippen LogP contribution in [0.15, 0.2) is 109 Å². The lowest BCUT2D eigenvalue weighted by atomic mass is 9.99. The fourth-order valence-corrected chi connectivity index (χ4v) is 9.71. The Morgan fingerprint density at radius 2 is 1.07 bits per heavy atom. The van der Waals surface area contributed by atoms with Crippen LogP contribution in [0, 0.1) is 5.92 Å². The van der Waals surface area contributed by atoms with Crippen molar-refractivity contribution in [3.8, 4) is 0 Å². The van der Waals surface area contributed by atoms with Gasteiger partial charge < -0.3 is 29.3 Å². The summed E-state index contributed by atoms with van der Waals surface area (Å²) in [6.07, 6.45) is -9.07. The highest BCUT2D eigenvalue weighted by atomic mass is 127. The molecule has 0 spiro atoms. The van der Waals surface area contributed by atoms with E-state index < -0.39 is 48.3 Å². The molecular weight excluding hydrogens is 698 g/mol. The van der Waals surface area contributed by atoms with Gasteiger partial charge in [-0.05, 0) is 60.5 Å². The summed E-state index contributed by atoms with van der Waals surface area (Å²) in [6.45, 7) is 3.86.